The van der Waals surface area contributed by atoms with E-state index in [4.69, 9.17) is 5.73 Å². The summed E-state index contributed by atoms with van der Waals surface area (Å²) in [7, 11) is 1.92. The molecule has 0 aliphatic rings. The van der Waals surface area contributed by atoms with Crippen LogP contribution in [0.15, 0.2) is 24.4 Å². The number of nitrogens with one attached hydrogen (secondary N) is 1. The molecule has 2 rings (SSSR count). The normalized spacial score (nSPS) is 10.5. The van der Waals surface area contributed by atoms with E-state index in [-0.39, 0.29) is 5.78 Å². The van der Waals surface area contributed by atoms with Crippen LogP contribution in [0.2, 0.25) is 0 Å². The number of hydrogen-bond acceptors (Lipinski definition) is 4. The van der Waals surface area contributed by atoms with Crippen LogP contribution in [0.1, 0.15) is 28.5 Å². The van der Waals surface area contributed by atoms with Crippen LogP contribution in [0.3, 0.4) is 0 Å². The van der Waals surface area contributed by atoms with E-state index in [1.807, 2.05) is 30.9 Å². The molecule has 0 bridgehead atoms. The first-order chi connectivity index (χ1) is 8.99. The molecule has 0 radical (unpaired) electrons. The van der Waals surface area contributed by atoms with Crippen LogP contribution in [0.4, 0.5) is 11.4 Å². The van der Waals surface area contributed by atoms with Gasteiger partial charge in [-0.2, -0.15) is 5.10 Å². The molecular formula is C14H18N4O. The highest BCUT2D eigenvalue weighted by molar-refractivity contribution is 5.99. The third-order valence-electron chi connectivity index (χ3n) is 3.25. The second-order valence-corrected chi connectivity index (χ2v) is 4.59. The van der Waals surface area contributed by atoms with Gasteiger partial charge in [0.2, 0.25) is 0 Å². The number of nitrogens with two attached hydrogens (primary N) is 1. The molecule has 5 nitrogen and oxygen atoms in total. The fourth-order valence-electron chi connectivity index (χ4n) is 1.91. The number of hydrogen-bond donors (Lipinski definition) is 2. The molecule has 0 fully saturated rings. The number of Topliss-reactive ketones (excluding diaryl/α,β-unsaturated/α-hetero) is 1. The van der Waals surface area contributed by atoms with E-state index < -0.39 is 0 Å². The lowest BCUT2D eigenvalue weighted by molar-refractivity contribution is 0.101. The molecule has 0 amide bonds. The number of rotatable bonds is 4. The molecule has 0 saturated heterocycles. The molecule has 1 aromatic carbocycles. The first kappa shape index (κ1) is 13.1. The molecule has 5 heteroatoms. The summed E-state index contributed by atoms with van der Waals surface area (Å²) in [6.07, 6.45) is 1.84. The Bertz CT molecular complexity index is 616. The first-order valence-electron chi connectivity index (χ1n) is 6.11. The van der Waals surface area contributed by atoms with Crippen molar-refractivity contribution in [3.8, 4) is 0 Å². The maximum Gasteiger partial charge on any atom is 0.161 e. The second kappa shape index (κ2) is 5.14. The summed E-state index contributed by atoms with van der Waals surface area (Å²) in [4.78, 5) is 11.3. The van der Waals surface area contributed by atoms with Gasteiger partial charge in [-0.1, -0.05) is 0 Å². The highest BCUT2D eigenvalue weighted by atomic mass is 16.1. The van der Waals surface area contributed by atoms with Gasteiger partial charge >= 0.3 is 0 Å². The number of aryl methyl sites for hydroxylation is 1. The van der Waals surface area contributed by atoms with E-state index in [1.54, 1.807) is 12.1 Å². The molecular weight excluding hydrogens is 240 g/mol. The van der Waals surface area contributed by atoms with Gasteiger partial charge in [0.25, 0.3) is 0 Å². The van der Waals surface area contributed by atoms with Gasteiger partial charge in [-0.15, -0.1) is 0 Å². The molecule has 2 aromatic rings. The van der Waals surface area contributed by atoms with Crippen molar-refractivity contribution in [1.29, 1.82) is 0 Å². The number of ketones is 1. The molecule has 19 heavy (non-hydrogen) atoms. The van der Waals surface area contributed by atoms with Gasteiger partial charge in [0, 0.05) is 41.8 Å². The summed E-state index contributed by atoms with van der Waals surface area (Å²) in [5, 5.41) is 7.47. The molecule has 0 atom stereocenters. The zero-order chi connectivity index (χ0) is 14.0. The van der Waals surface area contributed by atoms with Crippen LogP contribution < -0.4 is 11.1 Å². The lowest BCUT2D eigenvalue weighted by Gasteiger charge is -2.09. The minimum absolute atomic E-state index is 0.0212. The van der Waals surface area contributed by atoms with Gasteiger partial charge < -0.3 is 11.1 Å². The Morgan fingerprint density at radius 1 is 1.47 bits per heavy atom. The average Bonchev–Trinajstić information content (AvgIpc) is 2.67. The van der Waals surface area contributed by atoms with Gasteiger partial charge in [0.15, 0.2) is 5.78 Å². The van der Waals surface area contributed by atoms with Gasteiger partial charge in [0.05, 0.1) is 6.20 Å². The smallest absolute Gasteiger partial charge is 0.161 e. The Hall–Kier alpha value is -2.30. The molecule has 1 heterocycles. The van der Waals surface area contributed by atoms with Crippen molar-refractivity contribution in [3.63, 3.8) is 0 Å². The largest absolute Gasteiger partial charge is 0.398 e. The Balaban J connectivity index is 2.10. The molecule has 3 N–H and O–H groups in total. The Morgan fingerprint density at radius 2 is 2.21 bits per heavy atom. The number of carbonyl (C=O) groups is 1. The van der Waals surface area contributed by atoms with Crippen LogP contribution in [0.25, 0.3) is 0 Å². The standard InChI is InChI=1S/C14H18N4O/c1-9-11(8-17-18(9)3)7-16-12-4-5-13(10(2)19)14(15)6-12/h4-6,8,16H,7,15H2,1-3H3. The molecule has 0 aliphatic carbocycles. The van der Waals surface area contributed by atoms with Crippen molar-refractivity contribution >= 4 is 17.2 Å². The van der Waals surface area contributed by atoms with Crippen molar-refractivity contribution in [2.24, 2.45) is 7.05 Å². The lowest BCUT2D eigenvalue weighted by atomic mass is 10.1. The molecule has 0 saturated carbocycles. The molecule has 0 unspecified atom stereocenters. The van der Waals surface area contributed by atoms with E-state index in [0.717, 1.165) is 16.9 Å². The number of aromatic nitrogens is 2. The monoisotopic (exact) mass is 258 g/mol. The number of carbonyl (C=O) groups excluding carboxylic acids is 1. The van der Waals surface area contributed by atoms with Gasteiger partial charge in [-0.3, -0.25) is 9.48 Å². The number of benzene rings is 1. The van der Waals surface area contributed by atoms with Crippen LogP contribution in [0.5, 0.6) is 0 Å². The SMILES string of the molecule is CC(=O)c1ccc(NCc2cnn(C)c2C)cc1N. The van der Waals surface area contributed by atoms with E-state index in [1.165, 1.54) is 6.92 Å². The minimum Gasteiger partial charge on any atom is -0.398 e. The zero-order valence-electron chi connectivity index (χ0n) is 11.4. The maximum atomic E-state index is 11.3. The van der Waals surface area contributed by atoms with Crippen LogP contribution in [-0.4, -0.2) is 15.6 Å². The fraction of sp³-hybridized carbons (Fsp3) is 0.286. The van der Waals surface area contributed by atoms with Crippen molar-refractivity contribution < 1.29 is 4.79 Å². The Morgan fingerprint density at radius 3 is 2.74 bits per heavy atom. The average molecular weight is 258 g/mol. The van der Waals surface area contributed by atoms with Crippen LogP contribution >= 0.6 is 0 Å². The summed E-state index contributed by atoms with van der Waals surface area (Å²) in [6.45, 7) is 4.22. The molecule has 1 aromatic heterocycles. The number of nitrogen functional groups attached to an aromatic ring is 1. The van der Waals surface area contributed by atoms with Crippen molar-refractivity contribution in [2.75, 3.05) is 11.1 Å². The van der Waals surface area contributed by atoms with Gasteiger partial charge in [0.1, 0.15) is 0 Å². The summed E-state index contributed by atoms with van der Waals surface area (Å²) in [6, 6.07) is 5.39. The topological polar surface area (TPSA) is 72.9 Å². The number of anilines is 2. The quantitative estimate of drug-likeness (QED) is 0.651. The highest BCUT2D eigenvalue weighted by Gasteiger charge is 2.06. The molecule has 0 aliphatic heterocycles. The first-order valence-corrected chi connectivity index (χ1v) is 6.11. The number of nitrogens with zero attached hydrogens (tertiary/aromatic N) is 2. The second-order valence-electron chi connectivity index (χ2n) is 4.59. The van der Waals surface area contributed by atoms with Crippen LogP contribution in [-0.2, 0) is 13.6 Å². The van der Waals surface area contributed by atoms with E-state index in [0.29, 0.717) is 17.8 Å². The van der Waals surface area contributed by atoms with Crippen LogP contribution in [0, 0.1) is 6.92 Å². The predicted octanol–water partition coefficient (Wildman–Crippen LogP) is 2.13. The zero-order valence-corrected chi connectivity index (χ0v) is 11.4. The van der Waals surface area contributed by atoms with Crippen molar-refractivity contribution in [2.45, 2.75) is 20.4 Å². The van der Waals surface area contributed by atoms with Gasteiger partial charge in [-0.25, -0.2) is 0 Å². The summed E-state index contributed by atoms with van der Waals surface area (Å²) >= 11 is 0. The van der Waals surface area contributed by atoms with Crippen molar-refractivity contribution in [3.05, 3.63) is 41.2 Å². The molecule has 100 valence electrons. The van der Waals surface area contributed by atoms with Crippen molar-refractivity contribution in [1.82, 2.24) is 9.78 Å². The predicted molar refractivity (Wildman–Crippen MR) is 76.1 cm³/mol. The Labute approximate surface area is 112 Å². The Kier molecular flexibility index (Phi) is 3.55. The maximum absolute atomic E-state index is 11.3. The summed E-state index contributed by atoms with van der Waals surface area (Å²) in [5.41, 5.74) is 10.1. The third-order valence-corrected chi connectivity index (χ3v) is 3.25. The van der Waals surface area contributed by atoms with E-state index in [9.17, 15) is 4.79 Å². The fourth-order valence-corrected chi connectivity index (χ4v) is 1.91. The van der Waals surface area contributed by atoms with E-state index >= 15 is 0 Å². The van der Waals surface area contributed by atoms with Gasteiger partial charge in [-0.05, 0) is 32.0 Å². The summed E-state index contributed by atoms with van der Waals surface area (Å²) < 4.78 is 1.84. The van der Waals surface area contributed by atoms with E-state index in [2.05, 4.69) is 10.4 Å². The lowest BCUT2D eigenvalue weighted by Crippen LogP contribution is -2.04. The summed E-state index contributed by atoms with van der Waals surface area (Å²) in [5.74, 6) is -0.0212. The highest BCUT2D eigenvalue weighted by Crippen LogP contribution is 2.19. The molecule has 0 spiro atoms. The minimum atomic E-state index is -0.0212. The third kappa shape index (κ3) is 2.76.